The topological polar surface area (TPSA) is 147 Å². The van der Waals surface area contributed by atoms with Gasteiger partial charge in [0.25, 0.3) is 5.91 Å². The van der Waals surface area contributed by atoms with Gasteiger partial charge in [-0.15, -0.1) is 0 Å². The van der Waals surface area contributed by atoms with E-state index in [1.807, 2.05) is 13.0 Å². The van der Waals surface area contributed by atoms with Gasteiger partial charge in [-0.05, 0) is 25.5 Å². The third kappa shape index (κ3) is 5.08. The van der Waals surface area contributed by atoms with E-state index in [2.05, 4.69) is 37.8 Å². The number of ether oxygens (including phenoxy) is 1. The quantitative estimate of drug-likeness (QED) is 0.422. The summed E-state index contributed by atoms with van der Waals surface area (Å²) in [4.78, 5) is 25.5. The van der Waals surface area contributed by atoms with E-state index < -0.39 is 17.2 Å². The zero-order valence-corrected chi connectivity index (χ0v) is 16.9. The van der Waals surface area contributed by atoms with Crippen LogP contribution in [0.15, 0.2) is 18.3 Å². The van der Waals surface area contributed by atoms with Crippen LogP contribution in [0.2, 0.25) is 0 Å². The number of nitrogen functional groups attached to an aromatic ring is 1. The van der Waals surface area contributed by atoms with Gasteiger partial charge < -0.3 is 26.2 Å². The summed E-state index contributed by atoms with van der Waals surface area (Å²) >= 11 is 0. The number of unbranched alkanes of at least 4 members (excludes halogenated alkanes) is 1. The number of hydrogen-bond acceptors (Lipinski definition) is 9. The van der Waals surface area contributed by atoms with Crippen LogP contribution in [-0.4, -0.2) is 63.5 Å². The molecule has 1 amide bonds. The molecule has 3 rings (SSSR count). The number of nitrogens with two attached hydrogens (primary N) is 1. The van der Waals surface area contributed by atoms with Crippen molar-refractivity contribution in [3.8, 4) is 0 Å². The fourth-order valence-electron chi connectivity index (χ4n) is 3.29. The van der Waals surface area contributed by atoms with E-state index in [0.717, 1.165) is 19.3 Å². The number of pyridine rings is 1. The van der Waals surface area contributed by atoms with E-state index in [1.165, 1.54) is 0 Å². The highest BCUT2D eigenvalue weighted by atomic mass is 16.5. The zero-order chi connectivity index (χ0) is 20.9. The van der Waals surface area contributed by atoms with Crippen molar-refractivity contribution in [1.82, 2.24) is 25.6 Å². The van der Waals surface area contributed by atoms with E-state index in [9.17, 15) is 9.90 Å². The molecule has 10 nitrogen and oxygen atoms in total. The van der Waals surface area contributed by atoms with Gasteiger partial charge in [0.15, 0.2) is 5.82 Å². The first-order valence-corrected chi connectivity index (χ1v) is 9.85. The molecule has 29 heavy (non-hydrogen) atoms. The van der Waals surface area contributed by atoms with Crippen LogP contribution in [0.25, 0.3) is 11.0 Å². The number of hydrogen-bond donors (Lipinski definition) is 5. The first-order chi connectivity index (χ1) is 13.9. The Morgan fingerprint density at radius 2 is 2.31 bits per heavy atom. The number of nitrogens with zero attached hydrogens (tertiary/aromatic N) is 3. The number of fused-ring (bicyclic) bond motifs is 1. The van der Waals surface area contributed by atoms with Gasteiger partial charge in [-0.25, -0.2) is 4.98 Å². The third-order valence-corrected chi connectivity index (χ3v) is 4.96. The minimum Gasteiger partial charge on any atom is -0.375 e. The molecule has 158 valence electrons. The lowest BCUT2D eigenvalue weighted by atomic mass is 9.94. The molecule has 6 N–H and O–H groups in total. The fourth-order valence-corrected chi connectivity index (χ4v) is 3.29. The number of amides is 1. The average Bonchev–Trinajstić information content (AvgIpc) is 2.71. The Labute approximate surface area is 169 Å². The summed E-state index contributed by atoms with van der Waals surface area (Å²) in [7, 11) is 0. The van der Waals surface area contributed by atoms with Gasteiger partial charge >= 0.3 is 0 Å². The molecule has 0 aliphatic carbocycles. The molecule has 10 heteroatoms. The monoisotopic (exact) mass is 403 g/mol. The minimum atomic E-state index is -1.72. The van der Waals surface area contributed by atoms with Crippen LogP contribution in [0.1, 0.15) is 33.1 Å². The maximum Gasteiger partial charge on any atom is 0.269 e. The van der Waals surface area contributed by atoms with E-state index >= 15 is 0 Å². The first-order valence-electron chi connectivity index (χ1n) is 9.85. The summed E-state index contributed by atoms with van der Waals surface area (Å²) in [5.74, 6) is 0.137. The lowest BCUT2D eigenvalue weighted by Crippen LogP contribution is -2.64. The second-order valence-electron chi connectivity index (χ2n) is 7.61. The summed E-state index contributed by atoms with van der Waals surface area (Å²) < 4.78 is 5.23. The Hall–Kier alpha value is -2.56. The standard InChI is InChI=1S/C19H29N7O3/c1-3-4-7-18(2,11-22-16(27)19(28)12-29-10-9-23-19)26-15-14-13(6-5-8-21-14)24-17(20)25-15/h5-6,8,23,28H,3-4,7,9-12H2,1-2H3,(H,22,27)(H3,20,24,25,26)/t18?,19-/m1/s1. The van der Waals surface area contributed by atoms with Gasteiger partial charge in [-0.1, -0.05) is 19.8 Å². The smallest absolute Gasteiger partial charge is 0.269 e. The van der Waals surface area contributed by atoms with Crippen molar-refractivity contribution in [2.24, 2.45) is 0 Å². The van der Waals surface area contributed by atoms with Crippen LogP contribution >= 0.6 is 0 Å². The van der Waals surface area contributed by atoms with Crippen molar-refractivity contribution >= 4 is 28.7 Å². The number of morpholine rings is 1. The van der Waals surface area contributed by atoms with E-state index in [0.29, 0.717) is 30.0 Å². The molecule has 2 aromatic rings. The summed E-state index contributed by atoms with van der Waals surface area (Å²) in [5.41, 5.74) is 4.85. The van der Waals surface area contributed by atoms with Crippen LogP contribution in [0, 0.1) is 0 Å². The normalized spacial score (nSPS) is 21.5. The van der Waals surface area contributed by atoms with E-state index in [1.54, 1.807) is 12.3 Å². The second-order valence-corrected chi connectivity index (χ2v) is 7.61. The van der Waals surface area contributed by atoms with Gasteiger partial charge in [0.1, 0.15) is 5.52 Å². The first kappa shape index (κ1) is 21.2. The van der Waals surface area contributed by atoms with Gasteiger partial charge in [0.2, 0.25) is 11.7 Å². The minimum absolute atomic E-state index is 0.0884. The maximum absolute atomic E-state index is 12.6. The van der Waals surface area contributed by atoms with Gasteiger partial charge in [0, 0.05) is 19.3 Å². The lowest BCUT2D eigenvalue weighted by Gasteiger charge is -2.35. The van der Waals surface area contributed by atoms with E-state index in [-0.39, 0.29) is 19.1 Å². The van der Waals surface area contributed by atoms with Crippen molar-refractivity contribution in [3.05, 3.63) is 18.3 Å². The average molecular weight is 403 g/mol. The lowest BCUT2D eigenvalue weighted by molar-refractivity contribution is -0.158. The summed E-state index contributed by atoms with van der Waals surface area (Å²) in [6.07, 6.45) is 4.37. The number of nitrogens with one attached hydrogen (secondary N) is 3. The SMILES string of the molecule is CCCCC(C)(CNC(=O)[C@]1(O)COCCN1)Nc1nc(N)nc2cccnc12. The Morgan fingerprint density at radius 3 is 3.03 bits per heavy atom. The molecule has 3 heterocycles. The second kappa shape index (κ2) is 8.85. The predicted octanol–water partition coefficient (Wildman–Crippen LogP) is 0.392. The van der Waals surface area contributed by atoms with Crippen LogP contribution in [0.4, 0.5) is 11.8 Å². The van der Waals surface area contributed by atoms with Gasteiger partial charge in [-0.2, -0.15) is 4.98 Å². The molecule has 1 saturated heterocycles. The summed E-state index contributed by atoms with van der Waals surface area (Å²) in [6, 6.07) is 3.61. The molecule has 0 saturated carbocycles. The number of aromatic nitrogens is 3. The molecule has 0 radical (unpaired) electrons. The number of carbonyl (C=O) groups excluding carboxylic acids is 1. The molecule has 1 fully saturated rings. The molecule has 2 atom stereocenters. The summed E-state index contributed by atoms with van der Waals surface area (Å²) in [5, 5.41) is 19.5. The van der Waals surface area contributed by atoms with Crippen molar-refractivity contribution in [2.75, 3.05) is 37.4 Å². The van der Waals surface area contributed by atoms with Crippen LogP contribution in [0.5, 0.6) is 0 Å². The van der Waals surface area contributed by atoms with Crippen molar-refractivity contribution in [1.29, 1.82) is 0 Å². The predicted molar refractivity (Wildman–Crippen MR) is 110 cm³/mol. The molecule has 1 unspecified atom stereocenters. The molecule has 1 aliphatic heterocycles. The Bertz CT molecular complexity index is 857. The summed E-state index contributed by atoms with van der Waals surface area (Å²) in [6.45, 7) is 5.15. The Morgan fingerprint density at radius 1 is 1.48 bits per heavy atom. The van der Waals surface area contributed by atoms with Crippen molar-refractivity contribution in [2.45, 2.75) is 44.4 Å². The van der Waals surface area contributed by atoms with E-state index in [4.69, 9.17) is 10.5 Å². The molecule has 0 spiro atoms. The molecular weight excluding hydrogens is 374 g/mol. The number of aliphatic hydroxyl groups is 1. The van der Waals surface area contributed by atoms with Crippen molar-refractivity contribution in [3.63, 3.8) is 0 Å². The van der Waals surface area contributed by atoms with Crippen molar-refractivity contribution < 1.29 is 14.6 Å². The maximum atomic E-state index is 12.6. The Balaban J connectivity index is 1.79. The molecule has 2 aromatic heterocycles. The zero-order valence-electron chi connectivity index (χ0n) is 16.9. The molecule has 0 bridgehead atoms. The van der Waals surface area contributed by atoms with Crippen LogP contribution in [0.3, 0.4) is 0 Å². The molecule has 1 aliphatic rings. The molecule has 0 aromatic carbocycles. The highest BCUT2D eigenvalue weighted by Crippen LogP contribution is 2.25. The number of rotatable bonds is 8. The van der Waals surface area contributed by atoms with Crippen LogP contribution in [-0.2, 0) is 9.53 Å². The highest BCUT2D eigenvalue weighted by molar-refractivity contribution is 5.86. The fraction of sp³-hybridized carbons (Fsp3) is 0.579. The number of anilines is 2. The van der Waals surface area contributed by atoms with Gasteiger partial charge in [0.05, 0.1) is 24.3 Å². The van der Waals surface area contributed by atoms with Gasteiger partial charge in [-0.3, -0.25) is 15.1 Å². The Kier molecular flexibility index (Phi) is 6.46. The highest BCUT2D eigenvalue weighted by Gasteiger charge is 2.39. The third-order valence-electron chi connectivity index (χ3n) is 4.96. The largest absolute Gasteiger partial charge is 0.375 e. The van der Waals surface area contributed by atoms with Crippen LogP contribution < -0.4 is 21.7 Å². The molecular formula is C19H29N7O3. The number of carbonyl (C=O) groups is 1.